The lowest BCUT2D eigenvalue weighted by atomic mass is 9.82. The predicted octanol–water partition coefficient (Wildman–Crippen LogP) is 15.3. The second kappa shape index (κ2) is 12.1. The van der Waals surface area contributed by atoms with Gasteiger partial charge in [0.05, 0.1) is 16.4 Å². The van der Waals surface area contributed by atoms with Crippen molar-refractivity contribution in [3.8, 4) is 27.3 Å². The lowest BCUT2D eigenvalue weighted by molar-refractivity contribution is 0.660. The van der Waals surface area contributed by atoms with E-state index < -0.39 is 0 Å². The zero-order valence-corrected chi connectivity index (χ0v) is 32.3. The van der Waals surface area contributed by atoms with E-state index in [0.717, 1.165) is 44.7 Å². The number of fused-ring (bicyclic) bond motifs is 11. The Bertz CT molecular complexity index is 3350. The van der Waals surface area contributed by atoms with Crippen molar-refractivity contribution in [2.45, 2.75) is 19.3 Å². The Hall–Kier alpha value is -6.88. The van der Waals surface area contributed by atoms with Gasteiger partial charge in [-0.25, -0.2) is 0 Å². The molecule has 0 fully saturated rings. The summed E-state index contributed by atoms with van der Waals surface area (Å²) in [6, 6.07) is 66.4. The highest BCUT2D eigenvalue weighted by Gasteiger charge is 2.35. The highest BCUT2D eigenvalue weighted by molar-refractivity contribution is 7.22. The van der Waals surface area contributed by atoms with Gasteiger partial charge < -0.3 is 13.9 Å². The fraction of sp³-hybridized carbons (Fsp3) is 0.0566. The summed E-state index contributed by atoms with van der Waals surface area (Å²) in [7, 11) is 0. The maximum absolute atomic E-state index is 6.40. The molecule has 8 aromatic carbocycles. The van der Waals surface area contributed by atoms with E-state index in [2.05, 4.69) is 199 Å². The number of hydrogen-bond donors (Lipinski definition) is 0. The molecule has 0 aliphatic heterocycles. The molecule has 0 unspecified atom stereocenters. The van der Waals surface area contributed by atoms with Crippen molar-refractivity contribution in [2.24, 2.45) is 0 Å². The molecular weight excluding hydrogens is 713 g/mol. The molecule has 270 valence electrons. The largest absolute Gasteiger partial charge is 0.456 e. The highest BCUT2D eigenvalue weighted by Crippen LogP contribution is 2.51. The molecule has 1 aliphatic rings. The van der Waals surface area contributed by atoms with Crippen molar-refractivity contribution in [3.63, 3.8) is 0 Å². The lowest BCUT2D eigenvalue weighted by Gasteiger charge is -2.28. The van der Waals surface area contributed by atoms with Crippen molar-refractivity contribution in [1.82, 2.24) is 4.57 Å². The summed E-state index contributed by atoms with van der Waals surface area (Å²) in [4.78, 5) is 3.69. The van der Waals surface area contributed by atoms with Gasteiger partial charge in [-0.1, -0.05) is 111 Å². The van der Waals surface area contributed by atoms with Crippen LogP contribution in [0.25, 0.3) is 81.1 Å². The number of para-hydroxylation sites is 2. The second-order valence-corrected chi connectivity index (χ2v) is 16.8. The van der Waals surface area contributed by atoms with Crippen LogP contribution in [-0.4, -0.2) is 4.57 Å². The van der Waals surface area contributed by atoms with Gasteiger partial charge in [0.2, 0.25) is 0 Å². The van der Waals surface area contributed by atoms with Gasteiger partial charge in [0.25, 0.3) is 0 Å². The smallest absolute Gasteiger partial charge is 0.137 e. The molecule has 3 heterocycles. The fourth-order valence-corrected chi connectivity index (χ4v) is 10.5. The summed E-state index contributed by atoms with van der Waals surface area (Å²) < 4.78 is 10.1. The van der Waals surface area contributed by atoms with Crippen molar-refractivity contribution < 1.29 is 4.42 Å². The monoisotopic (exact) mass is 748 g/mol. The quantitative estimate of drug-likeness (QED) is 0.175. The molecule has 4 heteroatoms. The predicted molar refractivity (Wildman–Crippen MR) is 241 cm³/mol. The minimum atomic E-state index is -0.109. The van der Waals surface area contributed by atoms with Crippen LogP contribution in [0.2, 0.25) is 0 Å². The van der Waals surface area contributed by atoms with Gasteiger partial charge in [-0.15, -0.1) is 11.3 Å². The van der Waals surface area contributed by atoms with Crippen LogP contribution in [-0.2, 0) is 5.41 Å². The second-order valence-electron chi connectivity index (χ2n) is 15.7. The van der Waals surface area contributed by atoms with Crippen LogP contribution in [0.4, 0.5) is 17.1 Å². The van der Waals surface area contributed by atoms with Crippen molar-refractivity contribution in [2.75, 3.05) is 4.90 Å². The number of thiophene rings is 1. The number of nitrogens with zero attached hydrogens (tertiary/aromatic N) is 2. The summed E-state index contributed by atoms with van der Waals surface area (Å²) in [5.41, 5.74) is 15.1. The minimum Gasteiger partial charge on any atom is -0.456 e. The lowest BCUT2D eigenvalue weighted by Crippen LogP contribution is -2.16. The standard InChI is InChI=1S/C53H36N2OS/c1-53(2)44-15-7-4-12-39(44)40-28-27-38(32-45(40)53)54(35-21-19-33(20-22-35)50-31-34-11-3-10-18-49(34)57-50)36-23-25-37(26-24-36)55-46-16-8-5-13-41(46)42-29-30-48-51(52(42)55)43-14-6-9-17-47(43)56-48/h3-32H,1-2H3. The average Bonchev–Trinajstić information content (AvgIpc) is 4.00. The van der Waals surface area contributed by atoms with Gasteiger partial charge in [0.1, 0.15) is 11.2 Å². The van der Waals surface area contributed by atoms with Crippen LogP contribution in [0.3, 0.4) is 0 Å². The number of rotatable bonds is 5. The van der Waals surface area contributed by atoms with Gasteiger partial charge >= 0.3 is 0 Å². The first-order chi connectivity index (χ1) is 28.0. The van der Waals surface area contributed by atoms with Gasteiger partial charge in [0.15, 0.2) is 0 Å². The van der Waals surface area contributed by atoms with E-state index in [9.17, 15) is 0 Å². The maximum atomic E-state index is 6.40. The molecule has 0 atom stereocenters. The number of aromatic nitrogens is 1. The molecule has 0 amide bonds. The van der Waals surface area contributed by atoms with Gasteiger partial charge in [-0.3, -0.25) is 0 Å². The molecule has 0 saturated carbocycles. The molecule has 12 rings (SSSR count). The average molecular weight is 749 g/mol. The molecule has 0 saturated heterocycles. The number of anilines is 3. The molecule has 11 aromatic rings. The third-order valence-corrected chi connectivity index (χ3v) is 13.4. The van der Waals surface area contributed by atoms with Crippen LogP contribution in [0.5, 0.6) is 0 Å². The van der Waals surface area contributed by atoms with Crippen LogP contribution >= 0.6 is 11.3 Å². The maximum Gasteiger partial charge on any atom is 0.137 e. The molecule has 3 nitrogen and oxygen atoms in total. The first-order valence-electron chi connectivity index (χ1n) is 19.6. The Morgan fingerprint density at radius 2 is 1.21 bits per heavy atom. The fourth-order valence-electron chi connectivity index (χ4n) is 9.46. The summed E-state index contributed by atoms with van der Waals surface area (Å²) in [6.45, 7) is 4.71. The molecule has 3 aromatic heterocycles. The summed E-state index contributed by atoms with van der Waals surface area (Å²) in [6.07, 6.45) is 0. The van der Waals surface area contributed by atoms with Crippen molar-refractivity contribution in [1.29, 1.82) is 0 Å². The molecule has 0 radical (unpaired) electrons. The zero-order valence-electron chi connectivity index (χ0n) is 31.5. The van der Waals surface area contributed by atoms with Gasteiger partial charge in [-0.2, -0.15) is 0 Å². The molecule has 0 spiro atoms. The summed E-state index contributed by atoms with van der Waals surface area (Å²) in [5.74, 6) is 0. The SMILES string of the molecule is CC1(C)c2ccccc2-c2ccc(N(c3ccc(-c4cc5ccccc5s4)cc3)c3ccc(-n4c5ccccc5c5ccc6oc7ccccc7c6c54)cc3)cc21. The van der Waals surface area contributed by atoms with Crippen molar-refractivity contribution >= 4 is 82.2 Å². The molecule has 0 bridgehead atoms. The number of furan rings is 1. The van der Waals surface area contributed by atoms with E-state index in [1.807, 2.05) is 17.4 Å². The Morgan fingerprint density at radius 1 is 0.526 bits per heavy atom. The van der Waals surface area contributed by atoms with E-state index in [1.165, 1.54) is 64.6 Å². The third-order valence-electron chi connectivity index (χ3n) is 12.2. The molecule has 0 N–H and O–H groups in total. The molecule has 57 heavy (non-hydrogen) atoms. The highest BCUT2D eigenvalue weighted by atomic mass is 32.1. The van der Waals surface area contributed by atoms with E-state index in [4.69, 9.17) is 4.42 Å². The normalized spacial score (nSPS) is 13.2. The van der Waals surface area contributed by atoms with E-state index in [0.29, 0.717) is 0 Å². The molecular formula is C53H36N2OS. The van der Waals surface area contributed by atoms with E-state index >= 15 is 0 Å². The van der Waals surface area contributed by atoms with Crippen LogP contribution < -0.4 is 4.90 Å². The van der Waals surface area contributed by atoms with Crippen LogP contribution in [0, 0.1) is 0 Å². The van der Waals surface area contributed by atoms with E-state index in [1.54, 1.807) is 0 Å². The van der Waals surface area contributed by atoms with Crippen LogP contribution in [0.15, 0.2) is 186 Å². The zero-order chi connectivity index (χ0) is 37.8. The van der Waals surface area contributed by atoms with Gasteiger partial charge in [0, 0.05) is 53.9 Å². The Labute approximate surface area is 334 Å². The topological polar surface area (TPSA) is 21.3 Å². The Morgan fingerprint density at radius 3 is 2.05 bits per heavy atom. The van der Waals surface area contributed by atoms with E-state index in [-0.39, 0.29) is 5.41 Å². The molecule has 1 aliphatic carbocycles. The third kappa shape index (κ3) is 4.78. The Balaban J connectivity index is 1.02. The number of benzene rings is 8. The van der Waals surface area contributed by atoms with Crippen molar-refractivity contribution in [3.05, 3.63) is 193 Å². The number of hydrogen-bond acceptors (Lipinski definition) is 3. The van der Waals surface area contributed by atoms with Crippen LogP contribution in [0.1, 0.15) is 25.0 Å². The first kappa shape index (κ1) is 32.4. The Kier molecular flexibility index (Phi) is 6.85. The first-order valence-corrected chi connectivity index (χ1v) is 20.4. The minimum absolute atomic E-state index is 0.109. The summed E-state index contributed by atoms with van der Waals surface area (Å²) >= 11 is 1.85. The summed E-state index contributed by atoms with van der Waals surface area (Å²) in [5, 5.41) is 6.01. The van der Waals surface area contributed by atoms with Gasteiger partial charge in [-0.05, 0) is 118 Å².